The standard InChI is InChI=1S/C30H44BrN5O5/c1-5-6-13-23(29(39)40)33-28(38)25(17-21-20-12-7-8-14-22(20)32-26(21)31)34-27(37)24(16-18(2)3)35-30(41)36-15-10-9-11-19(36)4/h7-8,12,14,18-19,23-25,32H,5-6,9-11,13,15-17H2,1-4H3,(H,33,38)(H,34,37)(H,35,41)(H,39,40)/t19?,23-,24+,25-/m1/s1. The van der Waals surface area contributed by atoms with Crippen molar-refractivity contribution in [2.45, 2.75) is 103 Å². The van der Waals surface area contributed by atoms with Gasteiger partial charge >= 0.3 is 12.0 Å². The molecule has 0 spiro atoms. The van der Waals surface area contributed by atoms with E-state index in [1.54, 1.807) is 4.90 Å². The van der Waals surface area contributed by atoms with Crippen molar-refractivity contribution in [3.8, 4) is 0 Å². The molecule has 1 saturated heterocycles. The van der Waals surface area contributed by atoms with Gasteiger partial charge in [0.2, 0.25) is 11.8 Å². The fourth-order valence-corrected chi connectivity index (χ4v) is 5.91. The van der Waals surface area contributed by atoms with Crippen LogP contribution in [0.25, 0.3) is 10.9 Å². The summed E-state index contributed by atoms with van der Waals surface area (Å²) in [6, 6.07) is 4.43. The predicted octanol–water partition coefficient (Wildman–Crippen LogP) is 4.72. The quantitative estimate of drug-likeness (QED) is 0.217. The van der Waals surface area contributed by atoms with Crippen LogP contribution in [0.15, 0.2) is 28.9 Å². The first-order valence-corrected chi connectivity index (χ1v) is 15.5. The highest BCUT2D eigenvalue weighted by Gasteiger charge is 2.32. The van der Waals surface area contributed by atoms with Gasteiger partial charge in [0.05, 0.1) is 4.60 Å². The van der Waals surface area contributed by atoms with Crippen LogP contribution in [0.4, 0.5) is 4.79 Å². The first kappa shape index (κ1) is 32.4. The summed E-state index contributed by atoms with van der Waals surface area (Å²) in [4.78, 5) is 57.4. The van der Waals surface area contributed by atoms with Gasteiger partial charge in [-0.1, -0.05) is 51.8 Å². The molecule has 4 atom stereocenters. The summed E-state index contributed by atoms with van der Waals surface area (Å²) in [7, 11) is 0. The van der Waals surface area contributed by atoms with E-state index in [0.717, 1.165) is 42.1 Å². The number of rotatable bonds is 13. The van der Waals surface area contributed by atoms with Crippen molar-refractivity contribution in [2.24, 2.45) is 5.92 Å². The Morgan fingerprint density at radius 1 is 1.05 bits per heavy atom. The van der Waals surface area contributed by atoms with Crippen molar-refractivity contribution < 1.29 is 24.3 Å². The first-order chi connectivity index (χ1) is 19.5. The molecule has 1 aliphatic heterocycles. The number of carboxylic acids is 1. The number of hydrogen-bond acceptors (Lipinski definition) is 4. The fraction of sp³-hybridized carbons (Fsp3) is 0.600. The highest BCUT2D eigenvalue weighted by molar-refractivity contribution is 9.10. The van der Waals surface area contributed by atoms with Gasteiger partial charge < -0.3 is 30.9 Å². The molecule has 1 aromatic heterocycles. The maximum Gasteiger partial charge on any atom is 0.326 e. The molecule has 41 heavy (non-hydrogen) atoms. The lowest BCUT2D eigenvalue weighted by atomic mass is 10.00. The molecule has 1 aromatic carbocycles. The minimum absolute atomic E-state index is 0.0836. The van der Waals surface area contributed by atoms with Gasteiger partial charge in [0.1, 0.15) is 18.1 Å². The van der Waals surface area contributed by atoms with E-state index in [2.05, 4.69) is 36.9 Å². The van der Waals surface area contributed by atoms with Crippen LogP contribution in [-0.2, 0) is 20.8 Å². The van der Waals surface area contributed by atoms with E-state index in [4.69, 9.17) is 0 Å². The molecule has 3 rings (SSSR count). The molecule has 1 aliphatic rings. The largest absolute Gasteiger partial charge is 0.480 e. The smallest absolute Gasteiger partial charge is 0.326 e. The van der Waals surface area contributed by atoms with E-state index in [9.17, 15) is 24.3 Å². The molecule has 226 valence electrons. The number of aromatic amines is 1. The summed E-state index contributed by atoms with van der Waals surface area (Å²) in [5, 5.41) is 19.0. The van der Waals surface area contributed by atoms with Crippen molar-refractivity contribution in [3.05, 3.63) is 34.4 Å². The number of para-hydroxylation sites is 1. The van der Waals surface area contributed by atoms with Crippen LogP contribution in [0.1, 0.15) is 78.2 Å². The van der Waals surface area contributed by atoms with Crippen molar-refractivity contribution >= 4 is 50.6 Å². The Bertz CT molecular complexity index is 1220. The second kappa shape index (κ2) is 15.2. The topological polar surface area (TPSA) is 144 Å². The van der Waals surface area contributed by atoms with Crippen LogP contribution < -0.4 is 16.0 Å². The highest BCUT2D eigenvalue weighted by atomic mass is 79.9. The number of carbonyl (C=O) groups is 4. The number of H-pyrrole nitrogens is 1. The Hall–Kier alpha value is -3.08. The number of benzene rings is 1. The van der Waals surface area contributed by atoms with Gasteiger partial charge in [0.15, 0.2) is 0 Å². The zero-order valence-corrected chi connectivity index (χ0v) is 26.1. The molecule has 1 fully saturated rings. The summed E-state index contributed by atoms with van der Waals surface area (Å²) in [5.41, 5.74) is 1.65. The number of likely N-dealkylation sites (tertiary alicyclic amines) is 1. The molecule has 0 radical (unpaired) electrons. The lowest BCUT2D eigenvalue weighted by molar-refractivity contribution is -0.142. The third kappa shape index (κ3) is 8.95. The van der Waals surface area contributed by atoms with Crippen molar-refractivity contribution in [3.63, 3.8) is 0 Å². The molecule has 2 aromatic rings. The van der Waals surface area contributed by atoms with Crippen LogP contribution in [0.5, 0.6) is 0 Å². The number of fused-ring (bicyclic) bond motifs is 1. The summed E-state index contributed by atoms with van der Waals surface area (Å²) >= 11 is 3.55. The van der Waals surface area contributed by atoms with Gasteiger partial charge in [-0.15, -0.1) is 0 Å². The van der Waals surface area contributed by atoms with Crippen molar-refractivity contribution in [1.29, 1.82) is 0 Å². The number of nitrogens with one attached hydrogen (secondary N) is 4. The van der Waals surface area contributed by atoms with Crippen LogP contribution >= 0.6 is 15.9 Å². The minimum atomic E-state index is -1.12. The second-order valence-electron chi connectivity index (χ2n) is 11.4. The Balaban J connectivity index is 1.86. The van der Waals surface area contributed by atoms with Gasteiger partial charge in [-0.05, 0) is 72.5 Å². The summed E-state index contributed by atoms with van der Waals surface area (Å²) in [6.45, 7) is 8.53. The predicted molar refractivity (Wildman–Crippen MR) is 163 cm³/mol. The van der Waals surface area contributed by atoms with Gasteiger partial charge in [0, 0.05) is 29.9 Å². The second-order valence-corrected chi connectivity index (χ2v) is 12.2. The lowest BCUT2D eigenvalue weighted by Crippen LogP contribution is -2.58. The summed E-state index contributed by atoms with van der Waals surface area (Å²) in [6.07, 6.45) is 5.12. The molecule has 5 N–H and O–H groups in total. The molecular weight excluding hydrogens is 590 g/mol. The van der Waals surface area contributed by atoms with Crippen LogP contribution in [0.2, 0.25) is 0 Å². The minimum Gasteiger partial charge on any atom is -0.480 e. The van der Waals surface area contributed by atoms with Gasteiger partial charge in [0.25, 0.3) is 0 Å². The van der Waals surface area contributed by atoms with Crippen LogP contribution in [-0.4, -0.2) is 69.5 Å². The zero-order valence-electron chi connectivity index (χ0n) is 24.5. The molecule has 0 aliphatic carbocycles. The molecule has 0 saturated carbocycles. The van der Waals surface area contributed by atoms with E-state index in [1.165, 1.54) is 0 Å². The van der Waals surface area contributed by atoms with E-state index in [0.29, 0.717) is 24.0 Å². The van der Waals surface area contributed by atoms with Gasteiger partial charge in [-0.25, -0.2) is 9.59 Å². The third-order valence-electron chi connectivity index (χ3n) is 7.65. The highest BCUT2D eigenvalue weighted by Crippen LogP contribution is 2.28. The first-order valence-electron chi connectivity index (χ1n) is 14.7. The molecule has 10 nitrogen and oxygen atoms in total. The third-order valence-corrected chi connectivity index (χ3v) is 8.33. The number of carboxylic acid groups (broad SMARTS) is 1. The lowest BCUT2D eigenvalue weighted by Gasteiger charge is -2.35. The van der Waals surface area contributed by atoms with E-state index in [1.807, 2.05) is 52.0 Å². The maximum atomic E-state index is 13.7. The van der Waals surface area contributed by atoms with E-state index in [-0.39, 0.29) is 30.8 Å². The van der Waals surface area contributed by atoms with E-state index < -0.39 is 35.9 Å². The number of carbonyl (C=O) groups excluding carboxylic acids is 3. The Morgan fingerprint density at radius 2 is 1.73 bits per heavy atom. The Labute approximate surface area is 250 Å². The normalized spacial score (nSPS) is 17.6. The number of unbranched alkanes of at least 4 members (excludes halogenated alkanes) is 1. The van der Waals surface area contributed by atoms with Crippen LogP contribution in [0.3, 0.4) is 0 Å². The maximum absolute atomic E-state index is 13.7. The summed E-state index contributed by atoms with van der Waals surface area (Å²) in [5.74, 6) is -2.08. The number of aromatic nitrogens is 1. The summed E-state index contributed by atoms with van der Waals surface area (Å²) < 4.78 is 0.678. The monoisotopic (exact) mass is 633 g/mol. The fourth-order valence-electron chi connectivity index (χ4n) is 5.33. The Kier molecular flexibility index (Phi) is 12.1. The van der Waals surface area contributed by atoms with Gasteiger partial charge in [-0.2, -0.15) is 0 Å². The molecule has 4 amide bonds. The Morgan fingerprint density at radius 3 is 2.39 bits per heavy atom. The van der Waals surface area contributed by atoms with E-state index >= 15 is 0 Å². The number of nitrogens with zero attached hydrogens (tertiary/aromatic N) is 1. The molecular formula is C30H44BrN5O5. The number of hydrogen-bond donors (Lipinski definition) is 5. The number of urea groups is 1. The number of amides is 4. The van der Waals surface area contributed by atoms with Crippen LogP contribution in [0, 0.1) is 5.92 Å². The average molecular weight is 635 g/mol. The zero-order chi connectivity index (χ0) is 30.1. The number of aliphatic carboxylic acids is 1. The van der Waals surface area contributed by atoms with Crippen molar-refractivity contribution in [1.82, 2.24) is 25.8 Å². The SMILES string of the molecule is CCCC[C@@H](NC(=O)[C@@H](Cc1c(Br)[nH]c2ccccc12)NC(=O)[C@H](CC(C)C)NC(=O)N1CCCCC1C)C(=O)O. The molecule has 0 bridgehead atoms. The molecule has 11 heteroatoms. The number of piperidine rings is 1. The average Bonchev–Trinajstić information content (AvgIpc) is 3.24. The van der Waals surface area contributed by atoms with Gasteiger partial charge in [-0.3, -0.25) is 9.59 Å². The number of halogens is 1. The van der Waals surface area contributed by atoms with Crippen molar-refractivity contribution in [2.75, 3.05) is 6.54 Å². The molecule has 2 heterocycles. The molecule has 1 unspecified atom stereocenters.